The maximum Gasteiger partial charge on any atom is 0.329 e. The smallest absolute Gasteiger partial charge is 0.329 e. The molecule has 0 aromatic heterocycles. The zero-order valence-electron chi connectivity index (χ0n) is 16.9. The van der Waals surface area contributed by atoms with Crippen molar-refractivity contribution in [2.45, 2.75) is 32.4 Å². The summed E-state index contributed by atoms with van der Waals surface area (Å²) in [6.45, 7) is 6.03. The number of ether oxygens (including phenoxy) is 1. The van der Waals surface area contributed by atoms with E-state index in [2.05, 4.69) is 53.8 Å². The number of unbranched alkanes of at least 4 members (excludes halogenated alkanes) is 1. The summed E-state index contributed by atoms with van der Waals surface area (Å²) in [5, 5.41) is 0. The summed E-state index contributed by atoms with van der Waals surface area (Å²) in [5.74, 6) is 0.717. The molecule has 0 saturated carbocycles. The highest BCUT2D eigenvalue weighted by molar-refractivity contribution is 7.82. The van der Waals surface area contributed by atoms with Gasteiger partial charge in [0.1, 0.15) is 5.75 Å². The number of urea groups is 1. The Labute approximate surface area is 178 Å². The van der Waals surface area contributed by atoms with Crippen LogP contribution in [0.5, 0.6) is 5.75 Å². The van der Waals surface area contributed by atoms with Crippen LogP contribution in [0.25, 0.3) is 0 Å². The topological polar surface area (TPSA) is 62.0 Å². The number of hydrogen-bond acceptors (Lipinski definition) is 5. The number of nitrogens with two attached hydrogens (primary N) is 1. The van der Waals surface area contributed by atoms with Crippen LogP contribution in [0.2, 0.25) is 0 Å². The molecule has 1 heterocycles. The lowest BCUT2D eigenvalue weighted by Crippen LogP contribution is -2.52. The maximum atomic E-state index is 11.4. The van der Waals surface area contributed by atoms with Gasteiger partial charge in [0.25, 0.3) is 0 Å². The van der Waals surface area contributed by atoms with Gasteiger partial charge in [0.2, 0.25) is 0 Å². The number of carbonyl (C=O) groups excluding carboxylic acids is 1. The lowest BCUT2D eigenvalue weighted by Gasteiger charge is -2.40. The van der Waals surface area contributed by atoms with Gasteiger partial charge >= 0.3 is 6.03 Å². The minimum Gasteiger partial charge on any atom is -0.475 e. The van der Waals surface area contributed by atoms with E-state index < -0.39 is 6.03 Å². The Morgan fingerprint density at radius 1 is 1.14 bits per heavy atom. The number of carbonyl (C=O) groups is 1. The van der Waals surface area contributed by atoms with Crippen LogP contribution in [0.15, 0.2) is 54.6 Å². The van der Waals surface area contributed by atoms with Crippen LogP contribution >= 0.6 is 12.8 Å². The molecule has 1 atom stereocenters. The molecule has 2 N–H and O–H groups in total. The van der Waals surface area contributed by atoms with Crippen molar-refractivity contribution in [1.29, 1.82) is 0 Å². The molecule has 0 spiro atoms. The van der Waals surface area contributed by atoms with Crippen LogP contribution in [0.3, 0.4) is 0 Å². The minimum absolute atomic E-state index is 0.00469. The average Bonchev–Trinajstić information content (AvgIpc) is 2.77. The van der Waals surface area contributed by atoms with E-state index >= 15 is 0 Å². The minimum atomic E-state index is -0.620. The van der Waals surface area contributed by atoms with Gasteiger partial charge in [0, 0.05) is 37.9 Å². The molecular weight excluding hydrogens is 384 g/mol. The predicted octanol–water partition coefficient (Wildman–Crippen LogP) is 4.13. The number of hydrogen-bond donors (Lipinski definition) is 2. The molecule has 1 fully saturated rings. The van der Waals surface area contributed by atoms with Crippen molar-refractivity contribution in [3.63, 3.8) is 0 Å². The number of nitrogens with zero attached hydrogens (tertiary/aromatic N) is 3. The molecule has 7 heteroatoms. The highest BCUT2D eigenvalue weighted by atomic mass is 32.1. The third kappa shape index (κ3) is 5.81. The number of piperazine rings is 1. The lowest BCUT2D eigenvalue weighted by molar-refractivity contribution is 0.0135. The molecule has 0 aliphatic carbocycles. The molecule has 6 nitrogen and oxygen atoms in total. The highest BCUT2D eigenvalue weighted by Crippen LogP contribution is 2.26. The summed E-state index contributed by atoms with van der Waals surface area (Å²) in [5.41, 5.74) is 7.19. The lowest BCUT2D eigenvalue weighted by atomic mass is 10.2. The monoisotopic (exact) mass is 414 g/mol. The summed E-state index contributed by atoms with van der Waals surface area (Å²) >= 11 is 4.14. The highest BCUT2D eigenvalue weighted by Gasteiger charge is 2.25. The van der Waals surface area contributed by atoms with Crippen LogP contribution < -0.4 is 19.7 Å². The van der Waals surface area contributed by atoms with E-state index in [1.807, 2.05) is 18.2 Å². The van der Waals surface area contributed by atoms with Gasteiger partial charge in [-0.1, -0.05) is 50.4 Å². The van der Waals surface area contributed by atoms with E-state index in [0.29, 0.717) is 5.69 Å². The fraction of sp³-hybridized carbons (Fsp3) is 0.409. The molecule has 2 aromatic rings. The molecule has 0 radical (unpaired) electrons. The number of amides is 2. The third-order valence-electron chi connectivity index (χ3n) is 5.19. The summed E-state index contributed by atoms with van der Waals surface area (Å²) in [7, 11) is 0. The first-order valence-electron chi connectivity index (χ1n) is 10.2. The second-order valence-corrected chi connectivity index (χ2v) is 7.62. The molecule has 1 aliphatic rings. The first-order chi connectivity index (χ1) is 14.1. The second kappa shape index (κ2) is 10.4. The summed E-state index contributed by atoms with van der Waals surface area (Å²) < 4.78 is 7.48. The van der Waals surface area contributed by atoms with Crippen LogP contribution in [-0.2, 0) is 0 Å². The van der Waals surface area contributed by atoms with Crippen LogP contribution in [0.1, 0.15) is 26.2 Å². The first-order valence-corrected chi connectivity index (χ1v) is 10.6. The molecular formula is C22H30N4O2S. The van der Waals surface area contributed by atoms with Gasteiger partial charge in [-0.3, -0.25) is 4.90 Å². The Kier molecular flexibility index (Phi) is 7.66. The molecule has 3 rings (SSSR count). The van der Waals surface area contributed by atoms with Gasteiger partial charge in [-0.15, -0.1) is 0 Å². The molecule has 0 bridgehead atoms. The molecule has 2 aromatic carbocycles. The fourth-order valence-electron chi connectivity index (χ4n) is 3.57. The number of anilines is 2. The predicted molar refractivity (Wildman–Crippen MR) is 122 cm³/mol. The van der Waals surface area contributed by atoms with Gasteiger partial charge in [-0.2, -0.15) is 0 Å². The number of primary amides is 1. The molecule has 1 saturated heterocycles. The van der Waals surface area contributed by atoms with Crippen molar-refractivity contribution in [3.05, 3.63) is 54.6 Å². The summed E-state index contributed by atoms with van der Waals surface area (Å²) in [4.78, 5) is 16.2. The largest absolute Gasteiger partial charge is 0.475 e. The zero-order valence-corrected chi connectivity index (χ0v) is 17.8. The number of benzene rings is 2. The Morgan fingerprint density at radius 3 is 2.52 bits per heavy atom. The van der Waals surface area contributed by atoms with E-state index in [1.165, 1.54) is 5.69 Å². The molecule has 29 heavy (non-hydrogen) atoms. The molecule has 2 amide bonds. The van der Waals surface area contributed by atoms with Crippen molar-refractivity contribution in [1.82, 2.24) is 4.90 Å². The van der Waals surface area contributed by atoms with E-state index in [4.69, 9.17) is 10.5 Å². The van der Waals surface area contributed by atoms with Crippen LogP contribution in [-0.4, -0.2) is 43.3 Å². The molecule has 1 unspecified atom stereocenters. The Bertz CT molecular complexity index is 781. The van der Waals surface area contributed by atoms with Gasteiger partial charge in [-0.05, 0) is 37.1 Å². The Balaban J connectivity index is 1.66. The van der Waals surface area contributed by atoms with E-state index in [9.17, 15) is 4.79 Å². The van der Waals surface area contributed by atoms with Gasteiger partial charge in [0.05, 0.1) is 5.69 Å². The SMILES string of the molecule is CCCCC(Oc1cccc(N(S)C(N)=O)c1)N1CCN(c2ccccc2)CC1. The summed E-state index contributed by atoms with van der Waals surface area (Å²) in [6, 6.07) is 17.3. The average molecular weight is 415 g/mol. The van der Waals surface area contributed by atoms with E-state index in [0.717, 1.165) is 55.5 Å². The Hall–Kier alpha value is -2.38. The Morgan fingerprint density at radius 2 is 1.86 bits per heavy atom. The van der Waals surface area contributed by atoms with Crippen LogP contribution in [0.4, 0.5) is 16.2 Å². The van der Waals surface area contributed by atoms with Crippen molar-refractivity contribution in [2.24, 2.45) is 5.73 Å². The van der Waals surface area contributed by atoms with Crippen molar-refractivity contribution in [3.8, 4) is 5.75 Å². The normalized spacial score (nSPS) is 15.7. The van der Waals surface area contributed by atoms with Gasteiger partial charge in [-0.25, -0.2) is 9.10 Å². The van der Waals surface area contributed by atoms with Crippen molar-refractivity contribution >= 4 is 30.2 Å². The fourth-order valence-corrected chi connectivity index (χ4v) is 3.70. The first kappa shape index (κ1) is 21.3. The molecule has 156 valence electrons. The van der Waals surface area contributed by atoms with E-state index in [1.54, 1.807) is 12.1 Å². The quantitative estimate of drug-likeness (QED) is 0.638. The second-order valence-electron chi connectivity index (χ2n) is 7.22. The molecule has 1 aliphatic heterocycles. The zero-order chi connectivity index (χ0) is 20.6. The maximum absolute atomic E-state index is 11.4. The van der Waals surface area contributed by atoms with Gasteiger partial charge < -0.3 is 15.4 Å². The van der Waals surface area contributed by atoms with Crippen LogP contribution in [0, 0.1) is 0 Å². The van der Waals surface area contributed by atoms with Crippen molar-refractivity contribution in [2.75, 3.05) is 35.4 Å². The van der Waals surface area contributed by atoms with Gasteiger partial charge in [0.15, 0.2) is 6.23 Å². The summed E-state index contributed by atoms with van der Waals surface area (Å²) in [6.07, 6.45) is 3.19. The number of rotatable bonds is 8. The third-order valence-corrected chi connectivity index (χ3v) is 5.62. The number of para-hydroxylation sites is 1. The van der Waals surface area contributed by atoms with Crippen molar-refractivity contribution < 1.29 is 9.53 Å². The standard InChI is InChI=1S/C22H30N4O2S/c1-2-3-12-21(28-20-11-7-10-19(17-20)26(29)22(23)27)25-15-13-24(14-16-25)18-8-5-4-6-9-18/h4-11,17,21,29H,2-3,12-16H2,1H3,(H2,23,27). The van der Waals surface area contributed by atoms with E-state index in [-0.39, 0.29) is 6.23 Å². The number of thiol groups is 1.